The summed E-state index contributed by atoms with van der Waals surface area (Å²) < 4.78 is 27.9. The van der Waals surface area contributed by atoms with E-state index in [9.17, 15) is 13.6 Å². The molecule has 3 aromatic rings. The van der Waals surface area contributed by atoms with Gasteiger partial charge in [0.1, 0.15) is 5.82 Å². The van der Waals surface area contributed by atoms with Gasteiger partial charge in [0.05, 0.1) is 5.56 Å². The molecule has 0 unspecified atom stereocenters. The average molecular weight is 436 g/mol. The molecule has 0 spiro atoms. The summed E-state index contributed by atoms with van der Waals surface area (Å²) >= 11 is 0. The molecule has 2 heterocycles. The van der Waals surface area contributed by atoms with E-state index in [2.05, 4.69) is 10.3 Å². The first-order valence-electron chi connectivity index (χ1n) is 10.9. The zero-order valence-corrected chi connectivity index (χ0v) is 18.4. The zero-order chi connectivity index (χ0) is 22.7. The number of benzene rings is 2. The second-order valence-corrected chi connectivity index (χ2v) is 8.38. The van der Waals surface area contributed by atoms with Gasteiger partial charge in [-0.25, -0.2) is 13.8 Å². The van der Waals surface area contributed by atoms with E-state index in [0.717, 1.165) is 22.3 Å². The van der Waals surface area contributed by atoms with E-state index in [1.807, 2.05) is 73.3 Å². The summed E-state index contributed by atoms with van der Waals surface area (Å²) in [4.78, 5) is 19.9. The van der Waals surface area contributed by atoms with Crippen molar-refractivity contribution in [3.05, 3.63) is 77.5 Å². The van der Waals surface area contributed by atoms with Crippen molar-refractivity contribution < 1.29 is 13.6 Å². The summed E-state index contributed by atoms with van der Waals surface area (Å²) in [5.41, 5.74) is 4.84. The SMILES string of the molecule is Cc1ccc(-c2cnc(N3CCCC(F)(F)CC3)c(C(=O)Nc3ccccc3)c2C)cc1. The third kappa shape index (κ3) is 4.79. The van der Waals surface area contributed by atoms with Crippen LogP contribution in [-0.4, -0.2) is 29.9 Å². The van der Waals surface area contributed by atoms with Crippen LogP contribution in [0.1, 0.15) is 40.7 Å². The number of halogens is 2. The van der Waals surface area contributed by atoms with E-state index in [1.54, 1.807) is 6.20 Å². The number of aromatic nitrogens is 1. The van der Waals surface area contributed by atoms with Crippen molar-refractivity contribution in [1.29, 1.82) is 0 Å². The molecule has 1 saturated heterocycles. The van der Waals surface area contributed by atoms with Gasteiger partial charge in [-0.2, -0.15) is 0 Å². The molecule has 1 N–H and O–H groups in total. The zero-order valence-electron chi connectivity index (χ0n) is 18.4. The molecule has 1 aromatic heterocycles. The van der Waals surface area contributed by atoms with Crippen LogP contribution in [-0.2, 0) is 0 Å². The highest BCUT2D eigenvalue weighted by Crippen LogP contribution is 2.34. The molecule has 0 aliphatic carbocycles. The topological polar surface area (TPSA) is 45.2 Å². The Kier molecular flexibility index (Phi) is 6.21. The summed E-state index contributed by atoms with van der Waals surface area (Å²) in [5, 5.41) is 2.94. The molecule has 4 rings (SSSR count). The van der Waals surface area contributed by atoms with Crippen LogP contribution in [0.15, 0.2) is 60.8 Å². The maximum atomic E-state index is 14.0. The Bertz CT molecular complexity index is 1100. The van der Waals surface area contributed by atoms with E-state index in [0.29, 0.717) is 30.0 Å². The summed E-state index contributed by atoms with van der Waals surface area (Å²) in [6.45, 7) is 4.52. The van der Waals surface area contributed by atoms with Crippen molar-refractivity contribution in [3.8, 4) is 11.1 Å². The molecule has 1 aliphatic heterocycles. The highest BCUT2D eigenvalue weighted by Gasteiger charge is 2.33. The van der Waals surface area contributed by atoms with Crippen molar-refractivity contribution in [2.24, 2.45) is 0 Å². The lowest BCUT2D eigenvalue weighted by Gasteiger charge is -2.26. The van der Waals surface area contributed by atoms with Gasteiger partial charge in [-0.3, -0.25) is 4.79 Å². The highest BCUT2D eigenvalue weighted by molar-refractivity contribution is 6.09. The fourth-order valence-electron chi connectivity index (χ4n) is 4.12. The molecule has 6 heteroatoms. The van der Waals surface area contributed by atoms with E-state index in [-0.39, 0.29) is 25.3 Å². The van der Waals surface area contributed by atoms with Crippen LogP contribution in [0, 0.1) is 13.8 Å². The number of rotatable bonds is 4. The standard InChI is InChI=1S/C26H27F2N3O/c1-18-9-11-20(12-10-18)22-17-29-24(31-15-6-13-26(27,28)14-16-31)23(19(22)2)25(32)30-21-7-4-3-5-8-21/h3-5,7-12,17H,6,13-16H2,1-2H3,(H,30,32). The van der Waals surface area contributed by atoms with Gasteiger partial charge in [0.2, 0.25) is 5.92 Å². The number of hydrogen-bond donors (Lipinski definition) is 1. The van der Waals surface area contributed by atoms with E-state index in [4.69, 9.17) is 0 Å². The van der Waals surface area contributed by atoms with Crippen molar-refractivity contribution >= 4 is 17.4 Å². The van der Waals surface area contributed by atoms with Crippen LogP contribution in [0.25, 0.3) is 11.1 Å². The Hall–Kier alpha value is -3.28. The Morgan fingerprint density at radius 1 is 1.00 bits per heavy atom. The Labute approximate surface area is 187 Å². The number of alkyl halides is 2. The molecule has 1 aliphatic rings. The van der Waals surface area contributed by atoms with Gasteiger partial charge in [-0.15, -0.1) is 0 Å². The predicted molar refractivity (Wildman–Crippen MR) is 125 cm³/mol. The van der Waals surface area contributed by atoms with Gasteiger partial charge in [0.25, 0.3) is 5.91 Å². The van der Waals surface area contributed by atoms with Gasteiger partial charge >= 0.3 is 0 Å². The number of hydrogen-bond acceptors (Lipinski definition) is 3. The minimum absolute atomic E-state index is 0.143. The van der Waals surface area contributed by atoms with Gasteiger partial charge < -0.3 is 10.2 Å². The van der Waals surface area contributed by atoms with Crippen LogP contribution in [0.3, 0.4) is 0 Å². The van der Waals surface area contributed by atoms with Crippen molar-refractivity contribution in [3.63, 3.8) is 0 Å². The molecule has 1 amide bonds. The Morgan fingerprint density at radius 3 is 2.44 bits per heavy atom. The molecule has 0 saturated carbocycles. The van der Waals surface area contributed by atoms with E-state index < -0.39 is 5.92 Å². The third-order valence-corrected chi connectivity index (χ3v) is 5.96. The van der Waals surface area contributed by atoms with Crippen LogP contribution in [0.4, 0.5) is 20.3 Å². The minimum atomic E-state index is -2.68. The molecule has 0 bridgehead atoms. The predicted octanol–water partition coefficient (Wildman–Crippen LogP) is 6.24. The lowest BCUT2D eigenvalue weighted by molar-refractivity contribution is -0.0102. The average Bonchev–Trinajstić information content (AvgIpc) is 2.95. The van der Waals surface area contributed by atoms with E-state index >= 15 is 0 Å². The first-order chi connectivity index (χ1) is 15.3. The van der Waals surface area contributed by atoms with Crippen LogP contribution in [0.5, 0.6) is 0 Å². The maximum Gasteiger partial charge on any atom is 0.259 e. The Morgan fingerprint density at radius 2 is 1.72 bits per heavy atom. The highest BCUT2D eigenvalue weighted by atomic mass is 19.3. The summed E-state index contributed by atoms with van der Waals surface area (Å²) in [6, 6.07) is 17.3. The number of pyridine rings is 1. The van der Waals surface area contributed by atoms with Crippen LogP contribution < -0.4 is 10.2 Å². The van der Waals surface area contributed by atoms with Crippen LogP contribution >= 0.6 is 0 Å². The minimum Gasteiger partial charge on any atom is -0.356 e. The molecule has 4 nitrogen and oxygen atoms in total. The van der Waals surface area contributed by atoms with Gasteiger partial charge in [0.15, 0.2) is 0 Å². The summed E-state index contributed by atoms with van der Waals surface area (Å²) in [7, 11) is 0. The quantitative estimate of drug-likeness (QED) is 0.527. The number of anilines is 2. The third-order valence-electron chi connectivity index (χ3n) is 5.96. The van der Waals surface area contributed by atoms with Crippen molar-refractivity contribution in [2.45, 2.75) is 39.0 Å². The fraction of sp³-hybridized carbons (Fsp3) is 0.308. The molecular formula is C26H27F2N3O. The lowest BCUT2D eigenvalue weighted by Crippen LogP contribution is -2.30. The second-order valence-electron chi connectivity index (χ2n) is 8.38. The summed E-state index contributed by atoms with van der Waals surface area (Å²) in [6.07, 6.45) is 1.72. The smallest absolute Gasteiger partial charge is 0.259 e. The largest absolute Gasteiger partial charge is 0.356 e. The van der Waals surface area contributed by atoms with Gasteiger partial charge in [-0.05, 0) is 43.5 Å². The summed E-state index contributed by atoms with van der Waals surface area (Å²) in [5.74, 6) is -2.51. The number of nitrogens with one attached hydrogen (secondary N) is 1. The molecule has 0 radical (unpaired) electrons. The lowest BCUT2D eigenvalue weighted by atomic mass is 9.97. The fourth-order valence-corrected chi connectivity index (χ4v) is 4.12. The molecule has 2 aromatic carbocycles. The number of nitrogens with zero attached hydrogens (tertiary/aromatic N) is 2. The number of carbonyl (C=O) groups excluding carboxylic acids is 1. The number of aryl methyl sites for hydroxylation is 1. The van der Waals surface area contributed by atoms with Crippen LogP contribution in [0.2, 0.25) is 0 Å². The molecule has 1 fully saturated rings. The molecule has 166 valence electrons. The monoisotopic (exact) mass is 435 g/mol. The van der Waals surface area contributed by atoms with Gasteiger partial charge in [-0.1, -0.05) is 48.0 Å². The maximum absolute atomic E-state index is 14.0. The molecular weight excluding hydrogens is 408 g/mol. The normalized spacial score (nSPS) is 15.8. The molecule has 0 atom stereocenters. The second kappa shape index (κ2) is 9.07. The van der Waals surface area contributed by atoms with Gasteiger partial charge in [0, 0.05) is 43.4 Å². The number of carbonyl (C=O) groups is 1. The number of para-hydroxylation sites is 1. The number of amides is 1. The van der Waals surface area contributed by atoms with Crippen molar-refractivity contribution in [1.82, 2.24) is 4.98 Å². The molecule has 32 heavy (non-hydrogen) atoms. The first-order valence-corrected chi connectivity index (χ1v) is 10.9. The van der Waals surface area contributed by atoms with Crippen molar-refractivity contribution in [2.75, 3.05) is 23.3 Å². The van der Waals surface area contributed by atoms with E-state index in [1.165, 1.54) is 0 Å². The Balaban J connectivity index is 1.77. The first kappa shape index (κ1) is 21.9.